The number of carbonyl (C=O) groups is 2. The molecule has 1 unspecified atom stereocenters. The molecule has 0 aromatic heterocycles. The summed E-state index contributed by atoms with van der Waals surface area (Å²) in [5.41, 5.74) is 0.935. The molecule has 0 heterocycles. The molecule has 0 fully saturated rings. The van der Waals surface area contributed by atoms with E-state index in [0.717, 1.165) is 10.5 Å². The number of quaternary nitrogens is 1. The number of rotatable bonds is 7. The first-order valence-electron chi connectivity index (χ1n) is 7.10. The molecule has 0 saturated carbocycles. The van der Waals surface area contributed by atoms with Gasteiger partial charge in [0.05, 0.1) is 26.8 Å². The van der Waals surface area contributed by atoms with Crippen LogP contribution in [0, 0.1) is 0 Å². The Morgan fingerprint density at radius 2 is 1.95 bits per heavy atom. The van der Waals surface area contributed by atoms with Crippen LogP contribution < -0.4 is 25.0 Å². The molecule has 7 heteroatoms. The molecule has 1 aromatic carbocycles. The van der Waals surface area contributed by atoms with Gasteiger partial charge in [-0.15, -0.1) is 0 Å². The summed E-state index contributed by atoms with van der Waals surface area (Å²) in [5, 5.41) is 4.80. The second kappa shape index (κ2) is 8.89. The van der Waals surface area contributed by atoms with E-state index in [2.05, 4.69) is 10.6 Å². The van der Waals surface area contributed by atoms with E-state index in [1.807, 2.05) is 25.2 Å². The van der Waals surface area contributed by atoms with Gasteiger partial charge in [-0.2, -0.15) is 0 Å². The lowest BCUT2D eigenvalue weighted by molar-refractivity contribution is -0.885. The van der Waals surface area contributed by atoms with Gasteiger partial charge in [0.15, 0.2) is 18.0 Å². The number of nitrogens with one attached hydrogen (secondary N) is 3. The maximum absolute atomic E-state index is 11.8. The number of likely N-dealkylation sites (N-methyl/N-ethyl adjacent to an activating group) is 1. The van der Waals surface area contributed by atoms with Gasteiger partial charge in [0, 0.05) is 6.54 Å². The Kier molecular flexibility index (Phi) is 7.18. The second-order valence-electron chi connectivity index (χ2n) is 4.87. The molecule has 0 aliphatic rings. The van der Waals surface area contributed by atoms with Crippen LogP contribution in [-0.4, -0.2) is 46.3 Å². The zero-order valence-corrected chi connectivity index (χ0v) is 13.5. The van der Waals surface area contributed by atoms with Crippen molar-refractivity contribution >= 4 is 11.9 Å². The monoisotopic (exact) mass is 310 g/mol. The van der Waals surface area contributed by atoms with Crippen molar-refractivity contribution in [1.82, 2.24) is 10.6 Å². The predicted molar refractivity (Wildman–Crippen MR) is 82.2 cm³/mol. The molecule has 1 atom stereocenters. The summed E-state index contributed by atoms with van der Waals surface area (Å²) in [6.45, 7) is 3.01. The second-order valence-corrected chi connectivity index (χ2v) is 4.87. The molecule has 3 amide bonds. The lowest BCUT2D eigenvalue weighted by atomic mass is 10.1. The summed E-state index contributed by atoms with van der Waals surface area (Å²) < 4.78 is 10.6. The van der Waals surface area contributed by atoms with Crippen molar-refractivity contribution < 1.29 is 24.0 Å². The Labute approximate surface area is 130 Å². The number of hydrogen-bond acceptors (Lipinski definition) is 4. The van der Waals surface area contributed by atoms with Crippen LogP contribution in [0.4, 0.5) is 4.79 Å². The SMILES string of the molecule is CCNC(=O)NC(=O)C[NH+](C)Cc1cccc(OC)c1OC. The molecule has 0 aliphatic heterocycles. The van der Waals surface area contributed by atoms with Crippen molar-refractivity contribution in [2.75, 3.05) is 34.4 Å². The van der Waals surface area contributed by atoms with E-state index in [9.17, 15) is 9.59 Å². The molecule has 0 saturated heterocycles. The Morgan fingerprint density at radius 3 is 2.55 bits per heavy atom. The van der Waals surface area contributed by atoms with Crippen LogP contribution in [0.1, 0.15) is 12.5 Å². The van der Waals surface area contributed by atoms with E-state index < -0.39 is 6.03 Å². The number of imide groups is 1. The maximum Gasteiger partial charge on any atom is 0.321 e. The number of benzene rings is 1. The van der Waals surface area contributed by atoms with E-state index in [-0.39, 0.29) is 12.5 Å². The van der Waals surface area contributed by atoms with Gasteiger partial charge in [-0.05, 0) is 19.1 Å². The Hall–Kier alpha value is -2.28. The highest BCUT2D eigenvalue weighted by molar-refractivity contribution is 5.94. The fraction of sp³-hybridized carbons (Fsp3) is 0.467. The van der Waals surface area contributed by atoms with Gasteiger partial charge in [0.1, 0.15) is 6.54 Å². The standard InChI is InChI=1S/C15H23N3O4/c1-5-16-15(20)17-13(19)10-18(2)9-11-7-6-8-12(21-3)14(11)22-4/h6-8H,5,9-10H2,1-4H3,(H2,16,17,19,20)/p+1. The van der Waals surface area contributed by atoms with Gasteiger partial charge >= 0.3 is 6.03 Å². The van der Waals surface area contributed by atoms with Gasteiger partial charge in [-0.3, -0.25) is 10.1 Å². The average Bonchev–Trinajstić information content (AvgIpc) is 2.46. The summed E-state index contributed by atoms with van der Waals surface area (Å²) in [4.78, 5) is 24.0. The first-order valence-corrected chi connectivity index (χ1v) is 7.10. The van der Waals surface area contributed by atoms with Crippen LogP contribution >= 0.6 is 0 Å². The molecule has 1 rings (SSSR count). The molecule has 122 valence electrons. The van der Waals surface area contributed by atoms with Crippen molar-refractivity contribution in [3.05, 3.63) is 23.8 Å². The van der Waals surface area contributed by atoms with Crippen molar-refractivity contribution in [1.29, 1.82) is 0 Å². The molecule has 0 spiro atoms. The van der Waals surface area contributed by atoms with Gasteiger partial charge < -0.3 is 19.7 Å². The average molecular weight is 310 g/mol. The summed E-state index contributed by atoms with van der Waals surface area (Å²) in [7, 11) is 5.03. The minimum Gasteiger partial charge on any atom is -0.493 e. The first kappa shape index (κ1) is 17.8. The van der Waals surface area contributed by atoms with Crippen LogP contribution in [0.3, 0.4) is 0 Å². The highest BCUT2D eigenvalue weighted by atomic mass is 16.5. The largest absolute Gasteiger partial charge is 0.493 e. The highest BCUT2D eigenvalue weighted by Gasteiger charge is 2.17. The lowest BCUT2D eigenvalue weighted by Crippen LogP contribution is -3.09. The van der Waals surface area contributed by atoms with Crippen LogP contribution in [0.15, 0.2) is 18.2 Å². The molecule has 7 nitrogen and oxygen atoms in total. The quantitative estimate of drug-likeness (QED) is 0.638. The van der Waals surface area contributed by atoms with Crippen molar-refractivity contribution in [3.63, 3.8) is 0 Å². The Morgan fingerprint density at radius 1 is 1.23 bits per heavy atom. The highest BCUT2D eigenvalue weighted by Crippen LogP contribution is 2.29. The molecule has 1 aromatic rings. The predicted octanol–water partition coefficient (Wildman–Crippen LogP) is -0.436. The van der Waals surface area contributed by atoms with Crippen LogP contribution in [0.2, 0.25) is 0 Å². The molecule has 0 bridgehead atoms. The molecular formula is C15H24N3O4+. The lowest BCUT2D eigenvalue weighted by Gasteiger charge is -2.17. The minimum absolute atomic E-state index is 0.178. The molecule has 0 radical (unpaired) electrons. The first-order chi connectivity index (χ1) is 10.5. The van der Waals surface area contributed by atoms with Crippen molar-refractivity contribution in [3.8, 4) is 11.5 Å². The summed E-state index contributed by atoms with van der Waals surface area (Å²) >= 11 is 0. The number of hydrogen-bond donors (Lipinski definition) is 3. The van der Waals surface area contributed by atoms with Crippen LogP contribution in [-0.2, 0) is 11.3 Å². The molecule has 3 N–H and O–H groups in total. The van der Waals surface area contributed by atoms with Gasteiger partial charge in [0.25, 0.3) is 5.91 Å². The van der Waals surface area contributed by atoms with Gasteiger partial charge in [-0.25, -0.2) is 4.79 Å². The summed E-state index contributed by atoms with van der Waals surface area (Å²) in [6.07, 6.45) is 0. The van der Waals surface area contributed by atoms with Gasteiger partial charge in [-0.1, -0.05) is 6.07 Å². The van der Waals surface area contributed by atoms with Crippen molar-refractivity contribution in [2.24, 2.45) is 0 Å². The van der Waals surface area contributed by atoms with Gasteiger partial charge in [0.2, 0.25) is 0 Å². The summed E-state index contributed by atoms with van der Waals surface area (Å²) in [5.74, 6) is 0.985. The molecule has 0 aliphatic carbocycles. The zero-order chi connectivity index (χ0) is 16.5. The fourth-order valence-corrected chi connectivity index (χ4v) is 2.13. The minimum atomic E-state index is -0.473. The number of carbonyl (C=O) groups excluding carboxylic acids is 2. The van der Waals surface area contributed by atoms with E-state index >= 15 is 0 Å². The van der Waals surface area contributed by atoms with E-state index in [0.29, 0.717) is 24.6 Å². The Balaban J connectivity index is 2.63. The maximum atomic E-state index is 11.8. The van der Waals surface area contributed by atoms with E-state index in [1.54, 1.807) is 21.1 Å². The zero-order valence-electron chi connectivity index (χ0n) is 13.5. The third-order valence-corrected chi connectivity index (χ3v) is 3.03. The Bertz CT molecular complexity index is 520. The molecule has 22 heavy (non-hydrogen) atoms. The third kappa shape index (κ3) is 5.25. The van der Waals surface area contributed by atoms with Crippen molar-refractivity contribution in [2.45, 2.75) is 13.5 Å². The third-order valence-electron chi connectivity index (χ3n) is 3.03. The smallest absolute Gasteiger partial charge is 0.321 e. The van der Waals surface area contributed by atoms with Crippen LogP contribution in [0.25, 0.3) is 0 Å². The van der Waals surface area contributed by atoms with Crippen LogP contribution in [0.5, 0.6) is 11.5 Å². The van der Waals surface area contributed by atoms with E-state index in [1.165, 1.54) is 0 Å². The fourth-order valence-electron chi connectivity index (χ4n) is 2.13. The number of para-hydroxylation sites is 1. The normalized spacial score (nSPS) is 11.5. The number of ether oxygens (including phenoxy) is 2. The number of urea groups is 1. The number of methoxy groups -OCH3 is 2. The number of amides is 3. The summed E-state index contributed by atoms with van der Waals surface area (Å²) in [6, 6.07) is 5.14. The van der Waals surface area contributed by atoms with E-state index in [4.69, 9.17) is 9.47 Å². The molecular weight excluding hydrogens is 286 g/mol. The topological polar surface area (TPSA) is 81.1 Å².